The first-order chi connectivity index (χ1) is 11.3. The van der Waals surface area contributed by atoms with Gasteiger partial charge in [-0.3, -0.25) is 4.79 Å². The Morgan fingerprint density at radius 2 is 1.87 bits per heavy atom. The van der Waals surface area contributed by atoms with Gasteiger partial charge in [0.25, 0.3) is 5.56 Å². The molecular weight excluding hydrogens is 310 g/mol. The van der Waals surface area contributed by atoms with Crippen LogP contribution < -0.4 is 14.8 Å². The molecule has 0 bridgehead atoms. The number of hydrogen-bond acceptors (Lipinski definition) is 5. The highest BCUT2D eigenvalue weighted by Crippen LogP contribution is 2.22. The van der Waals surface area contributed by atoms with Crippen LogP contribution in [0.25, 0.3) is 11.0 Å². The topological polar surface area (TPSA) is 56.5 Å². The Morgan fingerprint density at radius 3 is 2.70 bits per heavy atom. The van der Waals surface area contributed by atoms with E-state index in [0.29, 0.717) is 9.49 Å². The second-order valence-electron chi connectivity index (χ2n) is 4.86. The lowest BCUT2D eigenvalue weighted by atomic mass is 10.2. The lowest BCUT2D eigenvalue weighted by Gasteiger charge is -2.05. The molecule has 0 fully saturated rings. The van der Waals surface area contributed by atoms with Crippen LogP contribution in [0.2, 0.25) is 0 Å². The van der Waals surface area contributed by atoms with Gasteiger partial charge in [-0.05, 0) is 35.9 Å². The highest BCUT2D eigenvalue weighted by atomic mass is 32.1. The van der Waals surface area contributed by atoms with Gasteiger partial charge in [-0.25, -0.2) is 4.98 Å². The van der Waals surface area contributed by atoms with E-state index in [1.54, 1.807) is 0 Å². The van der Waals surface area contributed by atoms with E-state index in [0.717, 1.165) is 17.1 Å². The van der Waals surface area contributed by atoms with Gasteiger partial charge in [-0.2, -0.15) is 9.61 Å². The Kier molecular flexibility index (Phi) is 3.36. The normalized spacial score (nSPS) is 11.9. The van der Waals surface area contributed by atoms with Crippen LogP contribution in [-0.2, 0) is 0 Å². The summed E-state index contributed by atoms with van der Waals surface area (Å²) in [6, 6.07) is 17.2. The summed E-state index contributed by atoms with van der Waals surface area (Å²) in [4.78, 5) is 16.8. The maximum atomic E-state index is 12.2. The van der Waals surface area contributed by atoms with Gasteiger partial charge >= 0.3 is 0 Å². The molecular formula is C17H11N3O2S. The lowest BCUT2D eigenvalue weighted by Crippen LogP contribution is -2.23. The van der Waals surface area contributed by atoms with Crippen molar-refractivity contribution in [3.05, 3.63) is 81.4 Å². The van der Waals surface area contributed by atoms with E-state index in [4.69, 9.17) is 4.74 Å². The molecule has 0 atom stereocenters. The number of fused-ring (bicyclic) bond motifs is 1. The number of rotatable bonds is 3. The molecule has 0 radical (unpaired) electrons. The largest absolute Gasteiger partial charge is 0.457 e. The number of ether oxygens (including phenoxy) is 1. The average molecular weight is 321 g/mol. The summed E-state index contributed by atoms with van der Waals surface area (Å²) < 4.78 is 7.71. The molecule has 0 unspecified atom stereocenters. The number of para-hydroxylation sites is 1. The van der Waals surface area contributed by atoms with Crippen LogP contribution in [0.4, 0.5) is 0 Å². The molecule has 2 aromatic heterocycles. The number of nitrogens with zero attached hydrogens (tertiary/aromatic N) is 3. The first kappa shape index (κ1) is 13.7. The van der Waals surface area contributed by atoms with E-state index >= 15 is 0 Å². The highest BCUT2D eigenvalue weighted by Gasteiger charge is 2.05. The minimum absolute atomic E-state index is 0.156. The van der Waals surface area contributed by atoms with E-state index in [1.165, 1.54) is 22.2 Å². The fraction of sp³-hybridized carbons (Fsp3) is 0. The van der Waals surface area contributed by atoms with Crippen molar-refractivity contribution in [3.8, 4) is 11.5 Å². The van der Waals surface area contributed by atoms with Crippen LogP contribution in [0.15, 0.2) is 65.7 Å². The van der Waals surface area contributed by atoms with Crippen molar-refractivity contribution in [3.63, 3.8) is 0 Å². The third-order valence-corrected chi connectivity index (χ3v) is 4.23. The Balaban J connectivity index is 1.71. The fourth-order valence-corrected chi connectivity index (χ4v) is 3.10. The smallest absolute Gasteiger partial charge is 0.291 e. The number of thiazole rings is 1. The van der Waals surface area contributed by atoms with E-state index < -0.39 is 0 Å². The predicted octanol–water partition coefficient (Wildman–Crippen LogP) is 2.49. The van der Waals surface area contributed by atoms with Crippen molar-refractivity contribution in [1.29, 1.82) is 0 Å². The molecule has 2 aromatic carbocycles. The van der Waals surface area contributed by atoms with E-state index in [9.17, 15) is 4.79 Å². The van der Waals surface area contributed by atoms with E-state index in [1.807, 2.05) is 60.7 Å². The van der Waals surface area contributed by atoms with Gasteiger partial charge in [-0.15, -0.1) is 0 Å². The summed E-state index contributed by atoms with van der Waals surface area (Å²) in [5, 5.41) is 3.91. The molecule has 0 aliphatic rings. The summed E-state index contributed by atoms with van der Waals surface area (Å²) in [5.41, 5.74) is 0.733. The summed E-state index contributed by atoms with van der Waals surface area (Å²) >= 11 is 1.32. The van der Waals surface area contributed by atoms with Gasteiger partial charge in [0.1, 0.15) is 17.8 Å². The van der Waals surface area contributed by atoms with Crippen LogP contribution in [0.1, 0.15) is 5.56 Å². The van der Waals surface area contributed by atoms with Crippen molar-refractivity contribution in [2.45, 2.75) is 0 Å². The van der Waals surface area contributed by atoms with Gasteiger partial charge in [0.15, 0.2) is 0 Å². The molecule has 0 aliphatic carbocycles. The molecule has 0 spiro atoms. The average Bonchev–Trinajstić information content (AvgIpc) is 3.13. The summed E-state index contributed by atoms with van der Waals surface area (Å²) in [6.45, 7) is 0. The lowest BCUT2D eigenvalue weighted by molar-refractivity contribution is 0.482. The van der Waals surface area contributed by atoms with Gasteiger partial charge in [0.2, 0.25) is 4.96 Å². The zero-order valence-electron chi connectivity index (χ0n) is 11.9. The van der Waals surface area contributed by atoms with Crippen LogP contribution in [0.3, 0.4) is 0 Å². The third-order valence-electron chi connectivity index (χ3n) is 3.26. The van der Waals surface area contributed by atoms with E-state index in [-0.39, 0.29) is 5.56 Å². The molecule has 0 saturated heterocycles. The quantitative estimate of drug-likeness (QED) is 0.582. The van der Waals surface area contributed by atoms with Gasteiger partial charge in [0, 0.05) is 0 Å². The Bertz CT molecular complexity index is 1070. The summed E-state index contributed by atoms with van der Waals surface area (Å²) in [7, 11) is 0. The van der Waals surface area contributed by atoms with Crippen molar-refractivity contribution < 1.29 is 4.74 Å². The highest BCUT2D eigenvalue weighted by molar-refractivity contribution is 7.15. The molecule has 0 N–H and O–H groups in total. The van der Waals surface area contributed by atoms with Crippen LogP contribution in [0, 0.1) is 0 Å². The summed E-state index contributed by atoms with van der Waals surface area (Å²) in [6.07, 6.45) is 3.20. The monoisotopic (exact) mass is 321 g/mol. The SMILES string of the molecule is O=c1c(=Cc2cccc(Oc3ccccc3)c2)sc2ncnn12. The third kappa shape index (κ3) is 2.72. The Morgan fingerprint density at radius 1 is 1.04 bits per heavy atom. The Labute approximate surface area is 135 Å². The van der Waals surface area contributed by atoms with Crippen LogP contribution >= 0.6 is 11.3 Å². The molecule has 4 aromatic rings. The zero-order valence-corrected chi connectivity index (χ0v) is 12.7. The second kappa shape index (κ2) is 5.66. The van der Waals surface area contributed by atoms with Crippen molar-refractivity contribution in [1.82, 2.24) is 14.6 Å². The molecule has 4 rings (SSSR count). The number of benzene rings is 2. The minimum Gasteiger partial charge on any atom is -0.457 e. The molecule has 6 heteroatoms. The minimum atomic E-state index is -0.156. The van der Waals surface area contributed by atoms with Crippen LogP contribution in [0.5, 0.6) is 11.5 Å². The predicted molar refractivity (Wildman–Crippen MR) is 88.9 cm³/mol. The molecule has 112 valence electrons. The molecule has 0 saturated carbocycles. The second-order valence-corrected chi connectivity index (χ2v) is 5.87. The molecule has 0 aliphatic heterocycles. The van der Waals surface area contributed by atoms with E-state index in [2.05, 4.69) is 10.1 Å². The van der Waals surface area contributed by atoms with Crippen molar-refractivity contribution in [2.75, 3.05) is 0 Å². The molecule has 23 heavy (non-hydrogen) atoms. The first-order valence-electron chi connectivity index (χ1n) is 6.97. The standard InChI is InChI=1S/C17H11N3O2S/c21-16-15(23-17-18-11-19-20(16)17)10-12-5-4-8-14(9-12)22-13-6-2-1-3-7-13/h1-11H. The zero-order chi connectivity index (χ0) is 15.6. The number of aromatic nitrogens is 3. The summed E-state index contributed by atoms with van der Waals surface area (Å²) in [5.74, 6) is 1.49. The Hall–Kier alpha value is -2.99. The molecule has 0 amide bonds. The maximum absolute atomic E-state index is 12.2. The maximum Gasteiger partial charge on any atom is 0.291 e. The van der Waals surface area contributed by atoms with Crippen molar-refractivity contribution in [2.24, 2.45) is 0 Å². The fourth-order valence-electron chi connectivity index (χ4n) is 2.22. The van der Waals surface area contributed by atoms with Crippen LogP contribution in [-0.4, -0.2) is 14.6 Å². The number of hydrogen-bond donors (Lipinski definition) is 0. The molecule has 5 nitrogen and oxygen atoms in total. The van der Waals surface area contributed by atoms with Crippen molar-refractivity contribution >= 4 is 22.4 Å². The van der Waals surface area contributed by atoms with Gasteiger partial charge in [-0.1, -0.05) is 41.7 Å². The van der Waals surface area contributed by atoms with Gasteiger partial charge < -0.3 is 4.74 Å². The first-order valence-corrected chi connectivity index (χ1v) is 7.78. The molecule has 2 heterocycles. The van der Waals surface area contributed by atoms with Gasteiger partial charge in [0.05, 0.1) is 4.53 Å².